The Balaban J connectivity index is 0.00000600. The summed E-state index contributed by atoms with van der Waals surface area (Å²) in [5.74, 6) is -1.35. The maximum atomic E-state index is 11.9. The molecule has 0 fully saturated rings. The van der Waals surface area contributed by atoms with E-state index in [1.165, 1.54) is 12.1 Å². The number of fused-ring (bicyclic) bond motifs is 2. The molecule has 0 bridgehead atoms. The maximum absolute atomic E-state index is 11.9. The summed E-state index contributed by atoms with van der Waals surface area (Å²) in [5.41, 5.74) is 4.17. The van der Waals surface area contributed by atoms with Crippen molar-refractivity contribution >= 4 is 43.3 Å². The van der Waals surface area contributed by atoms with E-state index in [9.17, 15) is 35.8 Å². The Morgan fingerprint density at radius 1 is 0.936 bits per heavy atom. The largest absolute Gasteiger partial charge is 1.00 e. The molecule has 2 aromatic carbocycles. The number of rotatable bonds is 14. The van der Waals surface area contributed by atoms with Crippen LogP contribution in [-0.2, 0) is 35.9 Å². The minimum Gasteiger partial charge on any atom is -0.748 e. The molecule has 2 aliphatic rings. The summed E-state index contributed by atoms with van der Waals surface area (Å²) in [7, 11) is -9.02. The molecule has 2 atom stereocenters. The Bertz CT molecular complexity index is 1850. The summed E-state index contributed by atoms with van der Waals surface area (Å²) in [5, 5.41) is 9.28. The Morgan fingerprint density at radius 2 is 1.62 bits per heavy atom. The van der Waals surface area contributed by atoms with E-state index in [4.69, 9.17) is 0 Å². The molecule has 2 heterocycles. The summed E-state index contributed by atoms with van der Waals surface area (Å²) < 4.78 is 71.9. The third kappa shape index (κ3) is 8.36. The number of hydrogen-bond acceptors (Lipinski definition) is 8. The van der Waals surface area contributed by atoms with Crippen LogP contribution in [0.1, 0.15) is 70.9 Å². The van der Waals surface area contributed by atoms with Crippen LogP contribution < -0.4 is 34.5 Å². The molecule has 0 aromatic heterocycles. The average Bonchev–Trinajstić information content (AvgIpc) is 3.35. The van der Waals surface area contributed by atoms with Crippen molar-refractivity contribution in [1.82, 2.24) is 0 Å². The van der Waals surface area contributed by atoms with Crippen LogP contribution in [0.4, 0.5) is 11.4 Å². The van der Waals surface area contributed by atoms with E-state index < -0.39 is 42.8 Å². The average molecular weight is 693 g/mol. The van der Waals surface area contributed by atoms with Crippen molar-refractivity contribution in [1.29, 1.82) is 0 Å². The number of likely N-dealkylation sites (N-methyl/N-ethyl adjacent to an activating group) is 1. The van der Waals surface area contributed by atoms with E-state index in [1.54, 1.807) is 6.07 Å². The van der Waals surface area contributed by atoms with E-state index in [-0.39, 0.29) is 47.3 Å². The zero-order valence-electron chi connectivity index (χ0n) is 27.6. The standard InChI is InChI=1S/C34H42N2O8S2.Na/c1-5-35-28-15-11-10-14-26(28)33(3,22-13-23-45(39,40)41)30(35)16-8-7-9-17-31-34(4,21-12-18-32(37)38)27-24-25(46(42,43)44)19-20-29(27)36(31)6-2;/h7-11,14-17,19-20,24H,5-6,12-13,18,21-23H2,1-4H3,(H2-,37,38,39,40,41,42,43,44);/q;+1/p-1. The van der Waals surface area contributed by atoms with Crippen LogP contribution in [0.2, 0.25) is 0 Å². The van der Waals surface area contributed by atoms with Crippen LogP contribution in [0.3, 0.4) is 0 Å². The first kappa shape index (κ1) is 38.9. The van der Waals surface area contributed by atoms with Gasteiger partial charge >= 0.3 is 35.5 Å². The van der Waals surface area contributed by atoms with Gasteiger partial charge in [0.2, 0.25) is 5.69 Å². The van der Waals surface area contributed by atoms with Gasteiger partial charge in [-0.05, 0) is 83.2 Å². The number of benzene rings is 2. The molecule has 0 radical (unpaired) electrons. The second kappa shape index (κ2) is 15.3. The number of carboxylic acid groups (broad SMARTS) is 1. The van der Waals surface area contributed by atoms with Gasteiger partial charge in [-0.25, -0.2) is 16.8 Å². The number of carboxylic acids is 1. The van der Waals surface area contributed by atoms with Crippen LogP contribution in [0.5, 0.6) is 0 Å². The van der Waals surface area contributed by atoms with Crippen molar-refractivity contribution in [3.63, 3.8) is 0 Å². The predicted octanol–water partition coefficient (Wildman–Crippen LogP) is 2.35. The number of aliphatic carboxylic acids is 1. The van der Waals surface area contributed by atoms with Gasteiger partial charge in [0.25, 0.3) is 0 Å². The molecule has 248 valence electrons. The number of carbonyl (C=O) groups is 1. The molecule has 13 heteroatoms. The van der Waals surface area contributed by atoms with Gasteiger partial charge in [-0.2, -0.15) is 4.58 Å². The summed E-state index contributed by atoms with van der Waals surface area (Å²) in [6.45, 7) is 9.29. The van der Waals surface area contributed by atoms with Gasteiger partial charge in [-0.15, -0.1) is 0 Å². The minimum absolute atomic E-state index is 0. The van der Waals surface area contributed by atoms with Crippen LogP contribution in [-0.4, -0.2) is 66.1 Å². The fourth-order valence-electron chi connectivity index (χ4n) is 6.96. The zero-order valence-corrected chi connectivity index (χ0v) is 31.2. The second-order valence-electron chi connectivity index (χ2n) is 12.1. The molecule has 2 aromatic rings. The molecule has 0 amide bonds. The van der Waals surface area contributed by atoms with Crippen molar-refractivity contribution in [2.45, 2.75) is 75.5 Å². The van der Waals surface area contributed by atoms with E-state index in [1.807, 2.05) is 80.3 Å². The summed E-state index contributed by atoms with van der Waals surface area (Å²) >= 11 is 0. The Morgan fingerprint density at radius 3 is 2.23 bits per heavy atom. The Kier molecular flexibility index (Phi) is 12.7. The first-order valence-electron chi connectivity index (χ1n) is 15.4. The number of para-hydroxylation sites is 1. The molecule has 2 aliphatic heterocycles. The Labute approximate surface area is 300 Å². The van der Waals surface area contributed by atoms with Crippen molar-refractivity contribution in [3.8, 4) is 0 Å². The minimum atomic E-state index is -4.69. The van der Waals surface area contributed by atoms with Gasteiger partial charge in [0.15, 0.2) is 5.71 Å². The fraction of sp³-hybridized carbons (Fsp3) is 0.412. The van der Waals surface area contributed by atoms with Crippen molar-refractivity contribution in [3.05, 3.63) is 89.7 Å². The van der Waals surface area contributed by atoms with Gasteiger partial charge < -0.3 is 19.1 Å². The molecular formula is C34H41N2NaO8S2. The molecule has 0 saturated heterocycles. The van der Waals surface area contributed by atoms with Crippen LogP contribution in [0.15, 0.2) is 83.4 Å². The van der Waals surface area contributed by atoms with Gasteiger partial charge in [0, 0.05) is 53.2 Å². The first-order valence-corrected chi connectivity index (χ1v) is 18.4. The molecule has 47 heavy (non-hydrogen) atoms. The number of nitrogens with zero attached hydrogens (tertiary/aromatic N) is 2. The van der Waals surface area contributed by atoms with Crippen molar-refractivity contribution < 1.29 is 70.0 Å². The monoisotopic (exact) mass is 692 g/mol. The smallest absolute Gasteiger partial charge is 0.748 e. The van der Waals surface area contributed by atoms with E-state index in [0.717, 1.165) is 28.3 Å². The molecule has 10 nitrogen and oxygen atoms in total. The number of anilines is 1. The summed E-state index contributed by atoms with van der Waals surface area (Å²) in [4.78, 5) is 13.0. The van der Waals surface area contributed by atoms with E-state index in [2.05, 4.69) is 11.5 Å². The molecule has 0 saturated carbocycles. The van der Waals surface area contributed by atoms with Gasteiger partial charge in [0.1, 0.15) is 16.7 Å². The summed E-state index contributed by atoms with van der Waals surface area (Å²) in [6, 6.07) is 12.4. The van der Waals surface area contributed by atoms with Gasteiger partial charge in [-0.1, -0.05) is 36.4 Å². The molecule has 4 rings (SSSR count). The maximum Gasteiger partial charge on any atom is 1.00 e. The third-order valence-corrected chi connectivity index (χ3v) is 10.8. The number of allylic oxidation sites excluding steroid dienone is 6. The third-order valence-electron chi connectivity index (χ3n) is 9.14. The van der Waals surface area contributed by atoms with Crippen molar-refractivity contribution in [2.24, 2.45) is 0 Å². The molecule has 0 spiro atoms. The molecule has 2 unspecified atom stereocenters. The second-order valence-corrected chi connectivity index (χ2v) is 15.0. The SMILES string of the molecule is CCN1/C(=C/C=C/C=C/C2=[N+](CC)c3ccccc3C2(C)CCCS(=O)(=O)[O-])C(C)(CCCC(=O)O)c2cc(S(=O)(=O)[O-])ccc21.[Na+]. The summed E-state index contributed by atoms with van der Waals surface area (Å²) in [6.07, 6.45) is 11.1. The molecule has 1 N–H and O–H groups in total. The normalized spacial score (nSPS) is 21.9. The number of hydrogen-bond donors (Lipinski definition) is 1. The van der Waals surface area contributed by atoms with E-state index in [0.29, 0.717) is 37.9 Å². The van der Waals surface area contributed by atoms with E-state index >= 15 is 0 Å². The topological polar surface area (TPSA) is 158 Å². The predicted molar refractivity (Wildman–Crippen MR) is 176 cm³/mol. The van der Waals surface area contributed by atoms with Crippen LogP contribution in [0.25, 0.3) is 0 Å². The Hall–Kier alpha value is -2.58. The zero-order chi connectivity index (χ0) is 33.9. The van der Waals surface area contributed by atoms with Crippen LogP contribution >= 0.6 is 0 Å². The molecular weight excluding hydrogens is 652 g/mol. The van der Waals surface area contributed by atoms with Crippen LogP contribution in [0, 0.1) is 0 Å². The van der Waals surface area contributed by atoms with Gasteiger partial charge in [-0.3, -0.25) is 4.79 Å². The first-order chi connectivity index (χ1) is 21.6. The quantitative estimate of drug-likeness (QED) is 0.136. The van der Waals surface area contributed by atoms with Crippen molar-refractivity contribution in [2.75, 3.05) is 23.7 Å². The molecule has 0 aliphatic carbocycles. The fourth-order valence-corrected chi connectivity index (χ4v) is 7.96. The van der Waals surface area contributed by atoms with Gasteiger partial charge in [0.05, 0.1) is 20.4 Å².